The molecule has 52 heavy (non-hydrogen) atoms. The number of hydrogen-bond donors (Lipinski definition) is 0. The molecular weight excluding hydrogens is 647 g/mol. The second-order valence-corrected chi connectivity index (χ2v) is 17.0. The minimum atomic E-state index is -2.81. The zero-order chi connectivity index (χ0) is 34.5. The molecule has 244 valence electrons. The van der Waals surface area contributed by atoms with Crippen LogP contribution in [0.2, 0.25) is 0 Å². The first-order valence-corrected chi connectivity index (χ1v) is 19.8. The van der Waals surface area contributed by atoms with Crippen molar-refractivity contribution in [3.8, 4) is 50.8 Å². The highest BCUT2D eigenvalue weighted by atomic mass is 28.3. The average Bonchev–Trinajstić information content (AvgIpc) is 3.74. The first-order chi connectivity index (χ1) is 25.8. The van der Waals surface area contributed by atoms with Gasteiger partial charge in [0, 0.05) is 27.8 Å². The Labute approximate surface area is 304 Å². The number of para-hydroxylation sites is 2. The lowest BCUT2D eigenvalue weighted by Crippen LogP contribution is -2.72. The molecule has 3 nitrogen and oxygen atoms in total. The summed E-state index contributed by atoms with van der Waals surface area (Å²) in [5, 5.41) is 6.82. The van der Waals surface area contributed by atoms with Gasteiger partial charge in [-0.2, -0.15) is 0 Å². The average molecular weight is 680 g/mol. The first kappa shape index (κ1) is 30.2. The fourth-order valence-electron chi connectivity index (χ4n) is 8.36. The zero-order valence-corrected chi connectivity index (χ0v) is 29.4. The molecule has 0 saturated carbocycles. The molecule has 9 aromatic rings. The van der Waals surface area contributed by atoms with Gasteiger partial charge in [0.2, 0.25) is 0 Å². The highest BCUT2D eigenvalue weighted by molar-refractivity contribution is 7.23. The van der Waals surface area contributed by atoms with Gasteiger partial charge in [-0.15, -0.1) is 0 Å². The van der Waals surface area contributed by atoms with Crippen LogP contribution < -0.4 is 20.7 Å². The van der Waals surface area contributed by atoms with Crippen LogP contribution >= 0.6 is 0 Å². The van der Waals surface area contributed by atoms with E-state index in [1.165, 1.54) is 37.4 Å². The number of rotatable bonds is 6. The minimum Gasteiger partial charge on any atom is -0.309 e. The molecule has 0 saturated heterocycles. The molecule has 0 atom stereocenters. The van der Waals surface area contributed by atoms with Gasteiger partial charge in [0.1, 0.15) is 0 Å². The largest absolute Gasteiger partial charge is 0.309 e. The van der Waals surface area contributed by atoms with E-state index in [0.29, 0.717) is 5.82 Å². The predicted molar refractivity (Wildman–Crippen MR) is 218 cm³/mol. The summed E-state index contributed by atoms with van der Waals surface area (Å²) in [7, 11) is -2.81. The Hall–Kier alpha value is -6.62. The normalized spacial score (nSPS) is 12.8. The maximum atomic E-state index is 5.35. The zero-order valence-electron chi connectivity index (χ0n) is 28.4. The molecule has 0 N–H and O–H groups in total. The van der Waals surface area contributed by atoms with Crippen LogP contribution in [0.15, 0.2) is 200 Å². The number of benzene rings is 7. The molecule has 0 radical (unpaired) electrons. The van der Waals surface area contributed by atoms with E-state index in [-0.39, 0.29) is 0 Å². The molecule has 7 aromatic carbocycles. The van der Waals surface area contributed by atoms with Crippen molar-refractivity contribution in [2.45, 2.75) is 0 Å². The molecule has 0 amide bonds. The summed E-state index contributed by atoms with van der Waals surface area (Å²) >= 11 is 0. The smallest absolute Gasteiger partial charge is 0.183 e. The summed E-state index contributed by atoms with van der Waals surface area (Å²) in [5.41, 5.74) is 9.70. The second kappa shape index (κ2) is 12.3. The highest BCUT2D eigenvalue weighted by Gasteiger charge is 2.52. The van der Waals surface area contributed by atoms with Crippen molar-refractivity contribution < 1.29 is 0 Å². The van der Waals surface area contributed by atoms with E-state index >= 15 is 0 Å². The van der Waals surface area contributed by atoms with Crippen LogP contribution in [0.5, 0.6) is 0 Å². The van der Waals surface area contributed by atoms with Gasteiger partial charge in [-0.05, 0) is 50.6 Å². The van der Waals surface area contributed by atoms with Gasteiger partial charge < -0.3 is 4.57 Å². The van der Waals surface area contributed by atoms with E-state index < -0.39 is 8.07 Å². The predicted octanol–water partition coefficient (Wildman–Crippen LogP) is 8.78. The van der Waals surface area contributed by atoms with Gasteiger partial charge >= 0.3 is 0 Å². The van der Waals surface area contributed by atoms with Crippen molar-refractivity contribution in [2.75, 3.05) is 0 Å². The van der Waals surface area contributed by atoms with Gasteiger partial charge in [-0.1, -0.05) is 176 Å². The molecule has 0 bridgehead atoms. The van der Waals surface area contributed by atoms with Crippen LogP contribution in [0.3, 0.4) is 0 Å². The summed E-state index contributed by atoms with van der Waals surface area (Å²) < 4.78 is 2.50. The Kier molecular flexibility index (Phi) is 7.15. The van der Waals surface area contributed by atoms with E-state index in [4.69, 9.17) is 9.97 Å². The molecule has 0 aliphatic carbocycles. The van der Waals surface area contributed by atoms with Gasteiger partial charge in [0.25, 0.3) is 0 Å². The van der Waals surface area contributed by atoms with Crippen molar-refractivity contribution in [1.82, 2.24) is 14.5 Å². The lowest BCUT2D eigenvalue weighted by atomic mass is 10.1. The van der Waals surface area contributed by atoms with E-state index in [0.717, 1.165) is 39.3 Å². The molecule has 10 rings (SSSR count). The lowest BCUT2D eigenvalue weighted by molar-refractivity contribution is 1.13. The Bertz CT molecular complexity index is 2610. The summed E-state index contributed by atoms with van der Waals surface area (Å²) in [4.78, 5) is 10.7. The van der Waals surface area contributed by atoms with Gasteiger partial charge in [0.05, 0.1) is 22.6 Å². The van der Waals surface area contributed by atoms with Crippen molar-refractivity contribution in [3.63, 3.8) is 0 Å². The molecule has 0 unspecified atom stereocenters. The Morgan fingerprint density at radius 1 is 0.423 bits per heavy atom. The highest BCUT2D eigenvalue weighted by Crippen LogP contribution is 2.41. The second-order valence-electron chi connectivity index (χ2n) is 13.3. The topological polar surface area (TPSA) is 30.7 Å². The van der Waals surface area contributed by atoms with Crippen LogP contribution in [0.1, 0.15) is 0 Å². The molecule has 1 aliphatic heterocycles. The fourth-order valence-corrected chi connectivity index (χ4v) is 13.7. The van der Waals surface area contributed by atoms with Crippen LogP contribution in [0.25, 0.3) is 61.8 Å². The molecule has 4 heteroatoms. The molecule has 2 aromatic heterocycles. The first-order valence-electron chi connectivity index (χ1n) is 17.8. The molecular formula is C48H33N3Si. The quantitative estimate of drug-likeness (QED) is 0.165. The number of nitrogens with zero attached hydrogens (tertiary/aromatic N) is 3. The molecule has 0 fully saturated rings. The van der Waals surface area contributed by atoms with Crippen molar-refractivity contribution >= 4 is 39.7 Å². The Balaban J connectivity index is 1.37. The summed E-state index contributed by atoms with van der Waals surface area (Å²) in [6.07, 6.45) is 0. The maximum absolute atomic E-state index is 5.35. The summed E-state index contributed by atoms with van der Waals surface area (Å²) in [6, 6.07) is 72.1. The number of hydrogen-bond acceptors (Lipinski definition) is 2. The third-order valence-corrected chi connectivity index (χ3v) is 15.4. The van der Waals surface area contributed by atoms with E-state index in [9.17, 15) is 0 Å². The lowest BCUT2D eigenvalue weighted by Gasteiger charge is -2.31. The van der Waals surface area contributed by atoms with Crippen LogP contribution in [0, 0.1) is 0 Å². The number of fused-ring (bicyclic) bond motifs is 5. The summed E-state index contributed by atoms with van der Waals surface area (Å²) in [5.74, 6) is 0.708. The van der Waals surface area contributed by atoms with Gasteiger partial charge in [0.15, 0.2) is 13.9 Å². The van der Waals surface area contributed by atoms with Gasteiger partial charge in [-0.3, -0.25) is 0 Å². The Morgan fingerprint density at radius 2 is 0.904 bits per heavy atom. The Morgan fingerprint density at radius 3 is 1.48 bits per heavy atom. The van der Waals surface area contributed by atoms with Crippen LogP contribution in [0.4, 0.5) is 0 Å². The molecule has 0 spiro atoms. The van der Waals surface area contributed by atoms with E-state index in [2.05, 4.69) is 193 Å². The van der Waals surface area contributed by atoms with Crippen molar-refractivity contribution in [2.24, 2.45) is 0 Å². The minimum absolute atomic E-state index is 0.708. The number of aromatic nitrogens is 3. The standard InChI is InChI=1S/C48H33N3Si/c1-6-19-34(20-7-1)42-33-43(35-21-8-2-9-22-35)50-48(49-42)41-31-18-30-40-45(41)51(36-23-10-3-11-24-36)46-39-29-16-17-32-44(39)52(47(40)46,37-25-12-4-13-26-37)38-27-14-5-15-28-38/h1-33H. The SMILES string of the molecule is c1ccc(-c2cc(-c3ccccc3)nc(-c3cccc4c5c(n(-c6ccccc6)c34)-c3ccccc3[Si]5(c3ccccc3)c3ccccc3)n2)cc1. The fraction of sp³-hybridized carbons (Fsp3) is 0. The van der Waals surface area contributed by atoms with Crippen LogP contribution in [-0.2, 0) is 0 Å². The molecule has 3 heterocycles. The summed E-state index contributed by atoms with van der Waals surface area (Å²) in [6.45, 7) is 0. The monoisotopic (exact) mass is 679 g/mol. The molecule has 1 aliphatic rings. The van der Waals surface area contributed by atoms with E-state index in [1.54, 1.807) is 0 Å². The third-order valence-electron chi connectivity index (χ3n) is 10.5. The van der Waals surface area contributed by atoms with Gasteiger partial charge in [-0.25, -0.2) is 9.97 Å². The maximum Gasteiger partial charge on any atom is 0.183 e. The van der Waals surface area contributed by atoms with E-state index in [1.807, 2.05) is 12.1 Å². The van der Waals surface area contributed by atoms with Crippen molar-refractivity contribution in [3.05, 3.63) is 200 Å². The van der Waals surface area contributed by atoms with Crippen molar-refractivity contribution in [1.29, 1.82) is 0 Å². The third kappa shape index (κ3) is 4.58. The van der Waals surface area contributed by atoms with Crippen LogP contribution in [-0.4, -0.2) is 22.6 Å².